The van der Waals surface area contributed by atoms with Gasteiger partial charge in [0.05, 0.1) is 24.8 Å². The first-order valence-electron chi connectivity index (χ1n) is 4.47. The molecule has 0 saturated carbocycles. The minimum Gasteiger partial charge on any atom is -0.505 e. The maximum absolute atomic E-state index is 12.5. The van der Waals surface area contributed by atoms with E-state index in [1.54, 1.807) is 6.07 Å². The number of aromatic hydroxyl groups is 1. The molecule has 1 rings (SSSR count). The Hall–Kier alpha value is -2.23. The monoisotopic (exact) mass is 242 g/mol. The zero-order chi connectivity index (χ0) is 13.0. The van der Waals surface area contributed by atoms with Crippen molar-refractivity contribution >= 4 is 5.97 Å². The summed E-state index contributed by atoms with van der Waals surface area (Å²) >= 11 is 0. The number of nitrogens with zero attached hydrogens (tertiary/aromatic N) is 2. The quantitative estimate of drug-likeness (QED) is 0.808. The number of nitriles is 1. The number of alkyl halides is 2. The molecule has 0 amide bonds. The molecule has 0 bridgehead atoms. The highest BCUT2D eigenvalue weighted by molar-refractivity contribution is 5.72. The van der Waals surface area contributed by atoms with E-state index in [0.29, 0.717) is 0 Å². The lowest BCUT2D eigenvalue weighted by molar-refractivity contribution is -0.139. The predicted octanol–water partition coefficient (Wildman–Crippen LogP) is 1.31. The molecule has 0 unspecified atom stereocenters. The number of carbonyl (C=O) groups is 1. The van der Waals surface area contributed by atoms with E-state index >= 15 is 0 Å². The fourth-order valence-electron chi connectivity index (χ4n) is 1.16. The van der Waals surface area contributed by atoms with Crippen LogP contribution in [-0.4, -0.2) is 23.2 Å². The number of aromatic nitrogens is 1. The molecule has 0 fully saturated rings. The lowest BCUT2D eigenvalue weighted by Gasteiger charge is -2.07. The predicted molar refractivity (Wildman–Crippen MR) is 51.3 cm³/mol. The molecule has 0 aliphatic rings. The summed E-state index contributed by atoms with van der Waals surface area (Å²) in [4.78, 5) is 14.4. The van der Waals surface area contributed by atoms with Crippen LogP contribution in [0.15, 0.2) is 6.07 Å². The summed E-state index contributed by atoms with van der Waals surface area (Å²) in [6.45, 7) is 0. The lowest BCUT2D eigenvalue weighted by atomic mass is 10.1. The van der Waals surface area contributed by atoms with Gasteiger partial charge < -0.3 is 9.84 Å². The maximum atomic E-state index is 12.5. The third-order valence-corrected chi connectivity index (χ3v) is 1.95. The van der Waals surface area contributed by atoms with Crippen molar-refractivity contribution in [2.24, 2.45) is 0 Å². The Labute approximate surface area is 95.3 Å². The summed E-state index contributed by atoms with van der Waals surface area (Å²) in [5, 5.41) is 17.9. The van der Waals surface area contributed by atoms with Gasteiger partial charge in [-0.05, 0) is 6.07 Å². The van der Waals surface area contributed by atoms with Crippen LogP contribution in [0.5, 0.6) is 5.75 Å². The van der Waals surface area contributed by atoms with E-state index in [4.69, 9.17) is 5.26 Å². The van der Waals surface area contributed by atoms with Crippen molar-refractivity contribution in [1.82, 2.24) is 4.98 Å². The normalized spacial score (nSPS) is 10.1. The third kappa shape index (κ3) is 2.87. The van der Waals surface area contributed by atoms with Gasteiger partial charge >= 0.3 is 5.97 Å². The number of hydrogen-bond donors (Lipinski definition) is 1. The summed E-state index contributed by atoms with van der Waals surface area (Å²) in [6.07, 6.45) is -3.37. The molecule has 0 radical (unpaired) electrons. The van der Waals surface area contributed by atoms with Crippen LogP contribution in [0.25, 0.3) is 0 Å². The fourth-order valence-corrected chi connectivity index (χ4v) is 1.16. The largest absolute Gasteiger partial charge is 0.505 e. The van der Waals surface area contributed by atoms with E-state index in [9.17, 15) is 18.7 Å². The topological polar surface area (TPSA) is 83.2 Å². The zero-order valence-corrected chi connectivity index (χ0v) is 8.78. The van der Waals surface area contributed by atoms with Gasteiger partial charge in [-0.1, -0.05) is 0 Å². The number of halogens is 2. The van der Waals surface area contributed by atoms with Crippen LogP contribution in [0.1, 0.15) is 23.4 Å². The molecular weight excluding hydrogens is 234 g/mol. The Bertz CT molecular complexity index is 483. The minimum atomic E-state index is -3.03. The third-order valence-electron chi connectivity index (χ3n) is 1.95. The van der Waals surface area contributed by atoms with Crippen molar-refractivity contribution in [1.29, 1.82) is 5.26 Å². The number of ether oxygens (including phenoxy) is 1. The molecule has 5 nitrogen and oxygen atoms in total. The van der Waals surface area contributed by atoms with Gasteiger partial charge in [0, 0.05) is 0 Å². The van der Waals surface area contributed by atoms with Gasteiger partial charge in [-0.15, -0.1) is 0 Å². The first-order chi connectivity index (χ1) is 7.99. The second-order valence-electron chi connectivity index (χ2n) is 3.06. The van der Waals surface area contributed by atoms with Crippen LogP contribution >= 0.6 is 0 Å². The van der Waals surface area contributed by atoms with E-state index in [0.717, 1.165) is 13.2 Å². The smallest absolute Gasteiger partial charge is 0.311 e. The molecule has 1 aromatic heterocycles. The Morgan fingerprint density at radius 3 is 2.82 bits per heavy atom. The van der Waals surface area contributed by atoms with Crippen LogP contribution in [-0.2, 0) is 16.0 Å². The van der Waals surface area contributed by atoms with Crippen molar-refractivity contribution in [3.63, 3.8) is 0 Å². The summed E-state index contributed by atoms with van der Waals surface area (Å²) in [7, 11) is 1.14. The average Bonchev–Trinajstić information content (AvgIpc) is 2.30. The molecule has 0 aliphatic carbocycles. The number of rotatable bonds is 3. The minimum absolute atomic E-state index is 0.0542. The first kappa shape index (κ1) is 12.8. The molecule has 0 aromatic carbocycles. The van der Waals surface area contributed by atoms with Crippen LogP contribution in [0.2, 0.25) is 0 Å². The highest BCUT2D eigenvalue weighted by Gasteiger charge is 2.20. The van der Waals surface area contributed by atoms with Crippen LogP contribution < -0.4 is 0 Å². The van der Waals surface area contributed by atoms with Gasteiger partial charge in [-0.2, -0.15) is 5.26 Å². The second kappa shape index (κ2) is 5.21. The van der Waals surface area contributed by atoms with Gasteiger partial charge in [0.25, 0.3) is 6.43 Å². The molecule has 0 saturated heterocycles. The highest BCUT2D eigenvalue weighted by atomic mass is 19.3. The Morgan fingerprint density at radius 2 is 2.35 bits per heavy atom. The van der Waals surface area contributed by atoms with Crippen molar-refractivity contribution in [3.05, 3.63) is 23.0 Å². The Balaban J connectivity index is 3.21. The van der Waals surface area contributed by atoms with E-state index in [-0.39, 0.29) is 17.7 Å². The van der Waals surface area contributed by atoms with Gasteiger partial charge in [0.15, 0.2) is 5.75 Å². The number of esters is 1. The fraction of sp³-hybridized carbons (Fsp3) is 0.300. The molecule has 0 spiro atoms. The second-order valence-corrected chi connectivity index (χ2v) is 3.06. The number of hydrogen-bond acceptors (Lipinski definition) is 5. The van der Waals surface area contributed by atoms with Gasteiger partial charge in [-0.3, -0.25) is 4.79 Å². The summed E-state index contributed by atoms with van der Waals surface area (Å²) in [5.74, 6) is -1.54. The lowest BCUT2D eigenvalue weighted by Crippen LogP contribution is -2.08. The molecular formula is C10H8F2N2O3. The van der Waals surface area contributed by atoms with Gasteiger partial charge in [0.1, 0.15) is 11.8 Å². The van der Waals surface area contributed by atoms with Crippen molar-refractivity contribution in [3.8, 4) is 11.8 Å². The van der Waals surface area contributed by atoms with Crippen LogP contribution in [0.3, 0.4) is 0 Å². The van der Waals surface area contributed by atoms with E-state index in [1.165, 1.54) is 0 Å². The summed E-state index contributed by atoms with van der Waals surface area (Å²) in [5.41, 5.74) is -1.32. The van der Waals surface area contributed by atoms with Gasteiger partial charge in [0.2, 0.25) is 0 Å². The molecule has 0 aliphatic heterocycles. The van der Waals surface area contributed by atoms with E-state index in [2.05, 4.69) is 9.72 Å². The summed E-state index contributed by atoms with van der Waals surface area (Å²) in [6, 6.07) is 2.61. The maximum Gasteiger partial charge on any atom is 0.311 e. The van der Waals surface area contributed by atoms with Crippen LogP contribution in [0, 0.1) is 11.3 Å². The molecule has 1 N–H and O–H groups in total. The van der Waals surface area contributed by atoms with Crippen molar-refractivity contribution in [2.45, 2.75) is 12.8 Å². The van der Waals surface area contributed by atoms with Crippen molar-refractivity contribution < 1.29 is 23.4 Å². The standard InChI is InChI=1S/C10H8F2N2O3/c1-17-7(15)3-6-2-5(4-13)9(16)8(14-6)10(11)12/h2,10,16H,3H2,1H3. The number of carbonyl (C=O) groups excluding carboxylic acids is 1. The first-order valence-corrected chi connectivity index (χ1v) is 4.47. The molecule has 17 heavy (non-hydrogen) atoms. The van der Waals surface area contributed by atoms with E-state index in [1.807, 2.05) is 0 Å². The number of methoxy groups -OCH3 is 1. The molecule has 0 atom stereocenters. The highest BCUT2D eigenvalue weighted by Crippen LogP contribution is 2.29. The number of pyridine rings is 1. The molecule has 1 heterocycles. The average molecular weight is 242 g/mol. The van der Waals surface area contributed by atoms with Gasteiger partial charge in [-0.25, -0.2) is 13.8 Å². The zero-order valence-electron chi connectivity index (χ0n) is 8.78. The molecule has 7 heteroatoms. The van der Waals surface area contributed by atoms with Crippen LogP contribution in [0.4, 0.5) is 8.78 Å². The summed E-state index contributed by atoms with van der Waals surface area (Å²) < 4.78 is 29.3. The SMILES string of the molecule is COC(=O)Cc1cc(C#N)c(O)c(C(F)F)n1. The molecule has 90 valence electrons. The Morgan fingerprint density at radius 1 is 1.71 bits per heavy atom. The molecule has 1 aromatic rings. The Kier molecular flexibility index (Phi) is 3.93. The van der Waals surface area contributed by atoms with E-state index < -0.39 is 23.8 Å². The van der Waals surface area contributed by atoms with Crippen molar-refractivity contribution in [2.75, 3.05) is 7.11 Å².